The summed E-state index contributed by atoms with van der Waals surface area (Å²) < 4.78 is 10.5. The maximum absolute atomic E-state index is 2.71. The summed E-state index contributed by atoms with van der Waals surface area (Å²) in [6, 6.07) is 64.7. The zero-order valence-corrected chi connectivity index (χ0v) is 32.1. The van der Waals surface area contributed by atoms with Crippen LogP contribution >= 0.6 is 0 Å². The van der Waals surface area contributed by atoms with Crippen molar-refractivity contribution >= 4 is 133 Å². The summed E-state index contributed by atoms with van der Waals surface area (Å²) in [7, 11) is 0. The SMILES string of the molecule is c1ccc(-n2c3ccccc3c3cc4c5c(c6ccccc6n5-c5cc6c7c8c5B4c4cccc5c9cccc(c9n-8c45)B7c4cccc5c7ccccc7n-6c45)c32)cc1. The summed E-state index contributed by atoms with van der Waals surface area (Å²) >= 11 is 0. The third-order valence-electron chi connectivity index (χ3n) is 15.1. The Balaban J connectivity index is 1.17. The van der Waals surface area contributed by atoms with Crippen LogP contribution in [0.2, 0.25) is 0 Å². The van der Waals surface area contributed by atoms with Crippen LogP contribution in [-0.2, 0) is 0 Å². The van der Waals surface area contributed by atoms with Crippen LogP contribution in [0, 0.1) is 0 Å². The standard InChI is InChI=1S/C54H28B2N4/c1-2-13-29(14-3-1)57-41-24-7-5-16-31(41)36-27-40-53-46(52(36)57)35-17-6-9-26-43(35)59(53)45-28-44-47-54-48(45)56(40)39-23-12-20-34-33-19-11-22-38(50(33)60(54)51(34)39)55(47)37-21-10-18-32-30-15-4-8-25-42(30)58(44)49(32)37/h1-28H. The number of aromatic nitrogens is 4. The van der Waals surface area contributed by atoms with Crippen molar-refractivity contribution in [3.63, 3.8) is 0 Å². The molecule has 0 bridgehead atoms. The number of benzene rings is 9. The van der Waals surface area contributed by atoms with Crippen LogP contribution in [0.25, 0.3) is 110 Å². The van der Waals surface area contributed by atoms with Crippen molar-refractivity contribution in [3.05, 3.63) is 170 Å². The molecule has 0 radical (unpaired) electrons. The summed E-state index contributed by atoms with van der Waals surface area (Å²) in [4.78, 5) is 0. The molecule has 0 N–H and O–H groups in total. The quantitative estimate of drug-likeness (QED) is 0.150. The maximum Gasteiger partial charge on any atom is 0.252 e. The van der Waals surface area contributed by atoms with Crippen LogP contribution in [-0.4, -0.2) is 31.7 Å². The van der Waals surface area contributed by atoms with Gasteiger partial charge >= 0.3 is 0 Å². The molecule has 4 aliphatic heterocycles. The van der Waals surface area contributed by atoms with Gasteiger partial charge in [-0.1, -0.05) is 133 Å². The molecule has 0 unspecified atom stereocenters. The highest BCUT2D eigenvalue weighted by Crippen LogP contribution is 2.46. The van der Waals surface area contributed by atoms with E-state index in [1.807, 2.05) is 0 Å². The summed E-state index contributed by atoms with van der Waals surface area (Å²) in [5.41, 5.74) is 24.1. The first-order valence-electron chi connectivity index (χ1n) is 21.2. The van der Waals surface area contributed by atoms with Gasteiger partial charge in [-0.05, 0) is 69.2 Å². The van der Waals surface area contributed by atoms with E-state index < -0.39 is 0 Å². The van der Waals surface area contributed by atoms with E-state index in [1.165, 1.54) is 143 Å². The van der Waals surface area contributed by atoms with Gasteiger partial charge in [0.15, 0.2) is 0 Å². The number of hydrogen-bond donors (Lipinski definition) is 0. The van der Waals surface area contributed by atoms with Gasteiger partial charge < -0.3 is 18.3 Å². The average Bonchev–Trinajstić information content (AvgIpc) is 4.04. The Hall–Kier alpha value is -7.69. The first kappa shape index (κ1) is 29.5. The highest BCUT2D eigenvalue weighted by Gasteiger charge is 2.49. The minimum atomic E-state index is 0.0455. The number of nitrogens with zero attached hydrogens (tertiary/aromatic N) is 4. The minimum absolute atomic E-state index is 0.0455. The van der Waals surface area contributed by atoms with Crippen LogP contribution in [0.15, 0.2) is 170 Å². The zero-order chi connectivity index (χ0) is 38.3. The molecule has 0 saturated carbocycles. The molecule has 270 valence electrons. The number of para-hydroxylation sites is 7. The van der Waals surface area contributed by atoms with E-state index in [1.54, 1.807) is 0 Å². The van der Waals surface area contributed by atoms with Crippen LogP contribution < -0.4 is 32.8 Å². The van der Waals surface area contributed by atoms with Gasteiger partial charge in [-0.25, -0.2) is 0 Å². The first-order chi connectivity index (χ1) is 29.8. The molecule has 8 heterocycles. The molecule has 17 rings (SSSR count). The Bertz CT molecular complexity index is 4250. The molecule has 0 aliphatic carbocycles. The normalized spacial score (nSPS) is 13.9. The maximum atomic E-state index is 2.71. The highest BCUT2D eigenvalue weighted by atomic mass is 15.1. The van der Waals surface area contributed by atoms with Gasteiger partial charge in [-0.2, -0.15) is 0 Å². The van der Waals surface area contributed by atoms with Crippen molar-refractivity contribution in [1.29, 1.82) is 0 Å². The molecule has 9 aromatic carbocycles. The van der Waals surface area contributed by atoms with E-state index >= 15 is 0 Å². The van der Waals surface area contributed by atoms with E-state index in [0.29, 0.717) is 0 Å². The zero-order valence-electron chi connectivity index (χ0n) is 32.1. The van der Waals surface area contributed by atoms with Crippen molar-refractivity contribution in [2.45, 2.75) is 0 Å². The molecule has 13 aromatic rings. The molecule has 0 amide bonds. The fourth-order valence-corrected chi connectivity index (χ4v) is 13.1. The molecular formula is C54H28B2N4. The molecule has 6 heteroatoms. The fraction of sp³-hybridized carbons (Fsp3) is 0. The predicted molar refractivity (Wildman–Crippen MR) is 253 cm³/mol. The van der Waals surface area contributed by atoms with E-state index in [9.17, 15) is 0 Å². The highest BCUT2D eigenvalue weighted by molar-refractivity contribution is 7.04. The lowest BCUT2D eigenvalue weighted by Gasteiger charge is -2.41. The summed E-state index contributed by atoms with van der Waals surface area (Å²) in [6.45, 7) is 0.154. The lowest BCUT2D eigenvalue weighted by atomic mass is 9.30. The van der Waals surface area contributed by atoms with E-state index in [-0.39, 0.29) is 13.4 Å². The molecular weight excluding hydrogens is 726 g/mol. The van der Waals surface area contributed by atoms with Gasteiger partial charge in [0.25, 0.3) is 13.4 Å². The monoisotopic (exact) mass is 754 g/mol. The minimum Gasteiger partial charge on any atom is -0.311 e. The van der Waals surface area contributed by atoms with Crippen molar-refractivity contribution in [3.8, 4) is 22.7 Å². The molecule has 60 heavy (non-hydrogen) atoms. The van der Waals surface area contributed by atoms with Gasteiger partial charge in [0.2, 0.25) is 0 Å². The molecule has 4 aliphatic rings. The summed E-state index contributed by atoms with van der Waals surface area (Å²) in [5, 5.41) is 10.6. The van der Waals surface area contributed by atoms with Gasteiger partial charge in [0.1, 0.15) is 0 Å². The number of hydrogen-bond acceptors (Lipinski definition) is 0. The smallest absolute Gasteiger partial charge is 0.252 e. The number of fused-ring (bicyclic) bond motifs is 17. The topological polar surface area (TPSA) is 19.7 Å². The third kappa shape index (κ3) is 2.96. The molecule has 0 fully saturated rings. The summed E-state index contributed by atoms with van der Waals surface area (Å²) in [5.74, 6) is 0. The van der Waals surface area contributed by atoms with Crippen molar-refractivity contribution in [2.75, 3.05) is 0 Å². The van der Waals surface area contributed by atoms with Crippen molar-refractivity contribution in [2.24, 2.45) is 0 Å². The van der Waals surface area contributed by atoms with Crippen LogP contribution in [0.3, 0.4) is 0 Å². The molecule has 4 nitrogen and oxygen atoms in total. The molecule has 0 atom stereocenters. The van der Waals surface area contributed by atoms with Crippen molar-refractivity contribution < 1.29 is 0 Å². The second kappa shape index (κ2) is 9.60. The van der Waals surface area contributed by atoms with E-state index in [0.717, 1.165) is 0 Å². The summed E-state index contributed by atoms with van der Waals surface area (Å²) in [6.07, 6.45) is 0. The Morgan fingerprint density at radius 2 is 0.767 bits per heavy atom. The molecule has 0 saturated heterocycles. The number of rotatable bonds is 1. The lowest BCUT2D eigenvalue weighted by Crippen LogP contribution is -2.66. The Kier molecular flexibility index (Phi) is 4.72. The van der Waals surface area contributed by atoms with E-state index in [2.05, 4.69) is 188 Å². The predicted octanol–water partition coefficient (Wildman–Crippen LogP) is 8.36. The second-order valence-corrected chi connectivity index (χ2v) is 17.5. The largest absolute Gasteiger partial charge is 0.311 e. The fourth-order valence-electron chi connectivity index (χ4n) is 13.1. The van der Waals surface area contributed by atoms with Gasteiger partial charge in [0, 0.05) is 82.4 Å². The van der Waals surface area contributed by atoms with Crippen LogP contribution in [0.5, 0.6) is 0 Å². The van der Waals surface area contributed by atoms with Crippen LogP contribution in [0.4, 0.5) is 0 Å². The van der Waals surface area contributed by atoms with Crippen molar-refractivity contribution in [1.82, 2.24) is 18.3 Å². The van der Waals surface area contributed by atoms with Gasteiger partial charge in [-0.15, -0.1) is 0 Å². The van der Waals surface area contributed by atoms with Gasteiger partial charge in [-0.3, -0.25) is 0 Å². The van der Waals surface area contributed by atoms with E-state index in [4.69, 9.17) is 0 Å². The Labute approximate surface area is 342 Å². The molecule has 4 aromatic heterocycles. The van der Waals surface area contributed by atoms with Gasteiger partial charge in [0.05, 0.1) is 27.6 Å². The van der Waals surface area contributed by atoms with Crippen LogP contribution in [0.1, 0.15) is 0 Å². The Morgan fingerprint density at radius 1 is 0.300 bits per heavy atom. The molecule has 0 spiro atoms. The average molecular weight is 754 g/mol. The lowest BCUT2D eigenvalue weighted by molar-refractivity contribution is 1.11. The third-order valence-corrected chi connectivity index (χ3v) is 15.1. The Morgan fingerprint density at radius 3 is 1.42 bits per heavy atom. The second-order valence-electron chi connectivity index (χ2n) is 17.5. The first-order valence-corrected chi connectivity index (χ1v) is 21.2.